The van der Waals surface area contributed by atoms with Crippen molar-refractivity contribution in [3.8, 4) is 0 Å². The van der Waals surface area contributed by atoms with Crippen molar-refractivity contribution in [1.82, 2.24) is 4.90 Å². The first kappa shape index (κ1) is 12.9. The Kier molecular flexibility index (Phi) is 3.48. The summed E-state index contributed by atoms with van der Waals surface area (Å²) >= 11 is 0. The molecule has 0 unspecified atom stereocenters. The van der Waals surface area contributed by atoms with E-state index >= 15 is 0 Å². The number of nitrogens with zero attached hydrogens (tertiary/aromatic N) is 1. The summed E-state index contributed by atoms with van der Waals surface area (Å²) in [4.78, 5) is 14.5. The lowest BCUT2D eigenvalue weighted by molar-refractivity contribution is -0.135. The van der Waals surface area contributed by atoms with Crippen molar-refractivity contribution in [3.63, 3.8) is 0 Å². The van der Waals surface area contributed by atoms with E-state index in [-0.39, 0.29) is 17.4 Å². The van der Waals surface area contributed by atoms with Gasteiger partial charge in [0.25, 0.3) is 0 Å². The van der Waals surface area contributed by atoms with Crippen LogP contribution in [0.3, 0.4) is 0 Å². The second-order valence-electron chi connectivity index (χ2n) is 6.97. The Morgan fingerprint density at radius 3 is 1.88 bits per heavy atom. The van der Waals surface area contributed by atoms with Gasteiger partial charge in [-0.15, -0.1) is 0 Å². The molecule has 0 radical (unpaired) electrons. The molecule has 1 atom stereocenters. The highest BCUT2D eigenvalue weighted by Crippen LogP contribution is 2.34. The van der Waals surface area contributed by atoms with E-state index in [0.29, 0.717) is 0 Å². The van der Waals surface area contributed by atoms with Crippen LogP contribution in [0.25, 0.3) is 0 Å². The van der Waals surface area contributed by atoms with Crippen molar-refractivity contribution >= 4 is 5.91 Å². The molecule has 2 rings (SSSR count). The summed E-state index contributed by atoms with van der Waals surface area (Å²) in [6.07, 6.45) is 5.16. The molecule has 0 aromatic carbocycles. The van der Waals surface area contributed by atoms with Gasteiger partial charge >= 0.3 is 0 Å². The topological polar surface area (TPSA) is 46.3 Å². The molecule has 2 saturated carbocycles. The fourth-order valence-electron chi connectivity index (χ4n) is 2.05. The smallest absolute Gasteiger partial charge is 0.240 e. The monoisotopic (exact) mass is 238 g/mol. The molecule has 0 aromatic heterocycles. The molecular formula is C14H26N2O. The molecule has 0 spiro atoms. The van der Waals surface area contributed by atoms with Crippen LogP contribution in [0, 0.1) is 17.3 Å². The maximum atomic E-state index is 12.4. The van der Waals surface area contributed by atoms with Crippen LogP contribution >= 0.6 is 0 Å². The Labute approximate surface area is 105 Å². The Morgan fingerprint density at radius 1 is 1.18 bits per heavy atom. The Morgan fingerprint density at radius 2 is 1.59 bits per heavy atom. The number of hydrogen-bond acceptors (Lipinski definition) is 2. The zero-order chi connectivity index (χ0) is 12.6. The van der Waals surface area contributed by atoms with Gasteiger partial charge in [-0.25, -0.2) is 0 Å². The van der Waals surface area contributed by atoms with Gasteiger partial charge in [0.15, 0.2) is 0 Å². The van der Waals surface area contributed by atoms with Gasteiger partial charge in [0.05, 0.1) is 6.04 Å². The van der Waals surface area contributed by atoms with Gasteiger partial charge in [-0.2, -0.15) is 0 Å². The molecule has 2 fully saturated rings. The van der Waals surface area contributed by atoms with E-state index in [0.717, 1.165) is 24.9 Å². The van der Waals surface area contributed by atoms with Crippen LogP contribution < -0.4 is 5.73 Å². The van der Waals surface area contributed by atoms with Crippen LogP contribution in [0.5, 0.6) is 0 Å². The molecule has 3 heteroatoms. The molecule has 2 aliphatic carbocycles. The number of hydrogen-bond donors (Lipinski definition) is 1. The summed E-state index contributed by atoms with van der Waals surface area (Å²) in [5.74, 6) is 1.67. The first-order chi connectivity index (χ1) is 7.88. The summed E-state index contributed by atoms with van der Waals surface area (Å²) in [6, 6.07) is -0.361. The molecule has 0 saturated heterocycles. The van der Waals surface area contributed by atoms with Gasteiger partial charge in [0, 0.05) is 13.1 Å². The fourth-order valence-corrected chi connectivity index (χ4v) is 2.05. The molecule has 17 heavy (non-hydrogen) atoms. The highest BCUT2D eigenvalue weighted by Gasteiger charge is 2.36. The largest absolute Gasteiger partial charge is 0.341 e. The van der Waals surface area contributed by atoms with E-state index in [1.165, 1.54) is 25.7 Å². The Balaban J connectivity index is 1.94. The molecule has 1 amide bonds. The van der Waals surface area contributed by atoms with Crippen molar-refractivity contribution in [2.75, 3.05) is 13.1 Å². The minimum atomic E-state index is -0.361. The minimum Gasteiger partial charge on any atom is -0.341 e. The average Bonchev–Trinajstić information content (AvgIpc) is 3.06. The van der Waals surface area contributed by atoms with E-state index in [9.17, 15) is 4.79 Å². The lowest BCUT2D eigenvalue weighted by Crippen LogP contribution is -2.51. The first-order valence-electron chi connectivity index (χ1n) is 6.92. The molecule has 0 aromatic rings. The normalized spacial score (nSPS) is 22.4. The third-order valence-corrected chi connectivity index (χ3v) is 3.86. The first-order valence-corrected chi connectivity index (χ1v) is 6.92. The van der Waals surface area contributed by atoms with E-state index in [2.05, 4.69) is 0 Å². The number of carbonyl (C=O) groups excluding carboxylic acids is 1. The lowest BCUT2D eigenvalue weighted by Gasteiger charge is -2.32. The predicted octanol–water partition coefficient (Wildman–Crippen LogP) is 2.01. The van der Waals surface area contributed by atoms with Crippen LogP contribution in [-0.4, -0.2) is 29.9 Å². The quantitative estimate of drug-likeness (QED) is 0.796. The van der Waals surface area contributed by atoms with Crippen molar-refractivity contribution in [3.05, 3.63) is 0 Å². The van der Waals surface area contributed by atoms with Crippen LogP contribution in [0.4, 0.5) is 0 Å². The standard InChI is InChI=1S/C14H26N2O/c1-14(2,3)12(15)13(17)16(8-10-4-5-10)9-11-6-7-11/h10-12H,4-9,15H2,1-3H3/t12-/m0/s1. The average molecular weight is 238 g/mol. The van der Waals surface area contributed by atoms with Gasteiger partial charge < -0.3 is 10.6 Å². The molecule has 98 valence electrons. The molecule has 3 nitrogen and oxygen atoms in total. The van der Waals surface area contributed by atoms with Crippen molar-refractivity contribution in [2.24, 2.45) is 23.0 Å². The van der Waals surface area contributed by atoms with Gasteiger partial charge in [0.2, 0.25) is 5.91 Å². The van der Waals surface area contributed by atoms with Crippen LogP contribution in [0.1, 0.15) is 46.5 Å². The minimum absolute atomic E-state index is 0.136. The summed E-state index contributed by atoms with van der Waals surface area (Å²) in [6.45, 7) is 8.02. The van der Waals surface area contributed by atoms with E-state index in [1.54, 1.807) is 0 Å². The number of rotatable bonds is 5. The summed E-state index contributed by atoms with van der Waals surface area (Å²) in [7, 11) is 0. The van der Waals surface area contributed by atoms with Crippen LogP contribution in [0.2, 0.25) is 0 Å². The zero-order valence-electron chi connectivity index (χ0n) is 11.4. The zero-order valence-corrected chi connectivity index (χ0v) is 11.4. The maximum Gasteiger partial charge on any atom is 0.240 e. The summed E-state index contributed by atoms with van der Waals surface area (Å²) < 4.78 is 0. The molecule has 0 heterocycles. The SMILES string of the molecule is CC(C)(C)[C@@H](N)C(=O)N(CC1CC1)CC1CC1. The fraction of sp³-hybridized carbons (Fsp3) is 0.929. The van der Waals surface area contributed by atoms with Crippen molar-refractivity contribution < 1.29 is 4.79 Å². The van der Waals surface area contributed by atoms with E-state index < -0.39 is 0 Å². The number of amides is 1. The van der Waals surface area contributed by atoms with Gasteiger partial charge in [0.1, 0.15) is 0 Å². The Bertz CT molecular complexity index is 273. The third-order valence-electron chi connectivity index (χ3n) is 3.86. The summed E-state index contributed by atoms with van der Waals surface area (Å²) in [5, 5.41) is 0. The van der Waals surface area contributed by atoms with E-state index in [1.807, 2.05) is 25.7 Å². The second-order valence-corrected chi connectivity index (χ2v) is 6.97. The third kappa shape index (κ3) is 3.70. The second kappa shape index (κ2) is 4.60. The maximum absolute atomic E-state index is 12.4. The highest BCUT2D eigenvalue weighted by molar-refractivity contribution is 5.82. The predicted molar refractivity (Wildman–Crippen MR) is 69.5 cm³/mol. The molecule has 0 bridgehead atoms. The van der Waals surface area contributed by atoms with Crippen molar-refractivity contribution in [2.45, 2.75) is 52.5 Å². The molecular weight excluding hydrogens is 212 g/mol. The van der Waals surface area contributed by atoms with Gasteiger partial charge in [-0.1, -0.05) is 20.8 Å². The molecule has 0 aliphatic heterocycles. The van der Waals surface area contributed by atoms with Gasteiger partial charge in [-0.05, 0) is 42.9 Å². The molecule has 2 N–H and O–H groups in total. The highest BCUT2D eigenvalue weighted by atomic mass is 16.2. The summed E-state index contributed by atoms with van der Waals surface area (Å²) in [5.41, 5.74) is 5.96. The lowest BCUT2D eigenvalue weighted by atomic mass is 9.86. The van der Waals surface area contributed by atoms with Crippen LogP contribution in [0.15, 0.2) is 0 Å². The van der Waals surface area contributed by atoms with E-state index in [4.69, 9.17) is 5.73 Å². The number of nitrogens with two attached hydrogens (primary N) is 1. The molecule has 2 aliphatic rings. The number of carbonyl (C=O) groups is 1. The van der Waals surface area contributed by atoms with Crippen molar-refractivity contribution in [1.29, 1.82) is 0 Å². The van der Waals surface area contributed by atoms with Crippen LogP contribution in [-0.2, 0) is 4.79 Å². The Hall–Kier alpha value is -0.570. The van der Waals surface area contributed by atoms with Gasteiger partial charge in [-0.3, -0.25) is 4.79 Å².